The van der Waals surface area contributed by atoms with Crippen LogP contribution in [0.15, 0.2) is 17.2 Å². The summed E-state index contributed by atoms with van der Waals surface area (Å²) >= 11 is 0.858. The highest BCUT2D eigenvalue weighted by Gasteiger charge is 2.26. The van der Waals surface area contributed by atoms with Gasteiger partial charge >= 0.3 is 0 Å². The smallest absolute Gasteiger partial charge is 0.290 e. The van der Waals surface area contributed by atoms with Crippen LogP contribution in [0.5, 0.6) is 0 Å². The standard InChI is InChI=1S/C16H17N9O2S/c17-13-21-11(22-14(18)24-13)8-2-5-25(6-3-8)15-19-4-1-9(20-15)7-10-12(26)23-16(27)28-10/h1,4,7-8H,2-3,5-6H2,(H,23,26,27)(H4,17,18,21,22,24)/b10-7-. The van der Waals surface area contributed by atoms with Crippen LogP contribution in [0.25, 0.3) is 6.08 Å². The normalized spacial score (nSPS) is 19.3. The summed E-state index contributed by atoms with van der Waals surface area (Å²) in [6, 6.07) is 1.69. The summed E-state index contributed by atoms with van der Waals surface area (Å²) in [4.78, 5) is 46.3. The van der Waals surface area contributed by atoms with Crippen molar-refractivity contribution in [3.05, 3.63) is 28.7 Å². The van der Waals surface area contributed by atoms with Gasteiger partial charge in [0, 0.05) is 25.2 Å². The first-order valence-electron chi connectivity index (χ1n) is 8.58. The van der Waals surface area contributed by atoms with Crippen LogP contribution in [0.3, 0.4) is 0 Å². The Kier molecular flexibility index (Phi) is 4.77. The number of imide groups is 1. The van der Waals surface area contributed by atoms with Gasteiger partial charge in [0.05, 0.1) is 10.6 Å². The summed E-state index contributed by atoms with van der Waals surface area (Å²) in [6.45, 7) is 1.42. The number of nitrogens with two attached hydrogens (primary N) is 2. The average molecular weight is 399 g/mol. The number of anilines is 3. The molecule has 5 N–H and O–H groups in total. The number of amides is 2. The largest absolute Gasteiger partial charge is 0.368 e. The zero-order chi connectivity index (χ0) is 19.7. The summed E-state index contributed by atoms with van der Waals surface area (Å²) in [7, 11) is 0. The fourth-order valence-corrected chi connectivity index (χ4v) is 3.76. The molecule has 2 aliphatic heterocycles. The van der Waals surface area contributed by atoms with Gasteiger partial charge in [-0.3, -0.25) is 14.9 Å². The minimum atomic E-state index is -0.410. The Morgan fingerprint density at radius 1 is 1.11 bits per heavy atom. The van der Waals surface area contributed by atoms with Gasteiger partial charge in [-0.2, -0.15) is 15.0 Å². The van der Waals surface area contributed by atoms with E-state index in [1.807, 2.05) is 0 Å². The van der Waals surface area contributed by atoms with E-state index >= 15 is 0 Å². The zero-order valence-electron chi connectivity index (χ0n) is 14.7. The van der Waals surface area contributed by atoms with Gasteiger partial charge in [0.15, 0.2) is 0 Å². The van der Waals surface area contributed by atoms with E-state index in [2.05, 4.69) is 35.1 Å². The lowest BCUT2D eigenvalue weighted by molar-refractivity contribution is -0.115. The molecule has 2 aromatic heterocycles. The molecule has 0 aromatic carbocycles. The molecule has 2 fully saturated rings. The van der Waals surface area contributed by atoms with Crippen molar-refractivity contribution in [3.63, 3.8) is 0 Å². The number of nitrogens with one attached hydrogen (secondary N) is 1. The van der Waals surface area contributed by atoms with E-state index < -0.39 is 5.91 Å². The maximum atomic E-state index is 11.7. The molecule has 2 aromatic rings. The predicted octanol–water partition coefficient (Wildman–Crippen LogP) is 0.534. The van der Waals surface area contributed by atoms with Gasteiger partial charge in [0.2, 0.25) is 17.8 Å². The lowest BCUT2D eigenvalue weighted by Gasteiger charge is -2.31. The molecule has 0 saturated carbocycles. The van der Waals surface area contributed by atoms with Crippen molar-refractivity contribution in [3.8, 4) is 0 Å². The molecule has 4 rings (SSSR count). The number of thioether (sulfide) groups is 1. The Morgan fingerprint density at radius 2 is 1.82 bits per heavy atom. The van der Waals surface area contributed by atoms with Crippen molar-refractivity contribution in [1.82, 2.24) is 30.2 Å². The second kappa shape index (κ2) is 7.38. The summed E-state index contributed by atoms with van der Waals surface area (Å²) in [5.41, 5.74) is 11.9. The molecule has 2 saturated heterocycles. The van der Waals surface area contributed by atoms with Crippen molar-refractivity contribution in [1.29, 1.82) is 0 Å². The van der Waals surface area contributed by atoms with Crippen LogP contribution in [0, 0.1) is 0 Å². The molecule has 0 unspecified atom stereocenters. The minimum Gasteiger partial charge on any atom is -0.368 e. The third kappa shape index (κ3) is 3.86. The third-order valence-corrected chi connectivity index (χ3v) is 5.23. The molecule has 0 aliphatic carbocycles. The van der Waals surface area contributed by atoms with Gasteiger partial charge in [0.1, 0.15) is 5.82 Å². The SMILES string of the molecule is Nc1nc(N)nc(C2CCN(c3nccc(/C=C4\SC(=O)NC4=O)n3)CC2)n1. The number of nitrogen functional groups attached to an aromatic ring is 2. The quantitative estimate of drug-likeness (QED) is 0.616. The van der Waals surface area contributed by atoms with E-state index in [9.17, 15) is 9.59 Å². The molecule has 2 amide bonds. The molecule has 0 bridgehead atoms. The van der Waals surface area contributed by atoms with Crippen LogP contribution in [0.4, 0.5) is 22.6 Å². The second-order valence-corrected chi connectivity index (χ2v) is 7.32. The van der Waals surface area contributed by atoms with Crippen LogP contribution < -0.4 is 21.7 Å². The van der Waals surface area contributed by atoms with Gasteiger partial charge in [-0.05, 0) is 36.7 Å². The van der Waals surface area contributed by atoms with Gasteiger partial charge < -0.3 is 16.4 Å². The Balaban J connectivity index is 1.46. The first-order valence-corrected chi connectivity index (χ1v) is 9.39. The Labute approximate surface area is 164 Å². The molecule has 2 aliphatic rings. The van der Waals surface area contributed by atoms with Crippen LogP contribution in [-0.2, 0) is 4.79 Å². The first-order chi connectivity index (χ1) is 13.5. The summed E-state index contributed by atoms with van der Waals surface area (Å²) in [6.07, 6.45) is 4.81. The fraction of sp³-hybridized carbons (Fsp3) is 0.312. The first kappa shape index (κ1) is 18.1. The molecular formula is C16H17N9O2S. The van der Waals surface area contributed by atoms with E-state index in [0.717, 1.165) is 24.6 Å². The van der Waals surface area contributed by atoms with Gasteiger partial charge in [-0.1, -0.05) is 0 Å². The van der Waals surface area contributed by atoms with Crippen molar-refractivity contribution in [2.45, 2.75) is 18.8 Å². The number of carbonyl (C=O) groups excluding carboxylic acids is 2. The highest BCUT2D eigenvalue weighted by molar-refractivity contribution is 8.18. The van der Waals surface area contributed by atoms with Crippen molar-refractivity contribution in [2.24, 2.45) is 0 Å². The summed E-state index contributed by atoms with van der Waals surface area (Å²) < 4.78 is 0. The number of hydrogen-bond acceptors (Lipinski definition) is 11. The van der Waals surface area contributed by atoms with Gasteiger partial charge in [0.25, 0.3) is 11.1 Å². The van der Waals surface area contributed by atoms with Crippen molar-refractivity contribution >= 4 is 46.8 Å². The molecule has 144 valence electrons. The summed E-state index contributed by atoms with van der Waals surface area (Å²) in [5.74, 6) is 1.16. The Morgan fingerprint density at radius 3 is 2.46 bits per heavy atom. The van der Waals surface area contributed by atoms with E-state index in [1.54, 1.807) is 18.3 Å². The summed E-state index contributed by atoms with van der Waals surface area (Å²) in [5, 5.41) is 1.84. The number of piperidine rings is 1. The number of hydrogen-bond donors (Lipinski definition) is 3. The average Bonchev–Trinajstić information content (AvgIpc) is 2.98. The monoisotopic (exact) mass is 399 g/mol. The lowest BCUT2D eigenvalue weighted by atomic mass is 9.96. The zero-order valence-corrected chi connectivity index (χ0v) is 15.5. The number of rotatable bonds is 3. The molecule has 0 radical (unpaired) electrons. The second-order valence-electron chi connectivity index (χ2n) is 6.31. The topological polar surface area (TPSA) is 166 Å². The maximum absolute atomic E-state index is 11.7. The number of nitrogens with zero attached hydrogens (tertiary/aromatic N) is 6. The predicted molar refractivity (Wildman–Crippen MR) is 104 cm³/mol. The number of aromatic nitrogens is 5. The van der Waals surface area contributed by atoms with Gasteiger partial charge in [-0.25, -0.2) is 9.97 Å². The van der Waals surface area contributed by atoms with Crippen molar-refractivity contribution in [2.75, 3.05) is 29.5 Å². The maximum Gasteiger partial charge on any atom is 0.290 e. The van der Waals surface area contributed by atoms with Crippen molar-refractivity contribution < 1.29 is 9.59 Å². The molecular weight excluding hydrogens is 382 g/mol. The fourth-order valence-electron chi connectivity index (χ4n) is 3.10. The molecule has 11 nitrogen and oxygen atoms in total. The highest BCUT2D eigenvalue weighted by atomic mass is 32.2. The highest BCUT2D eigenvalue weighted by Crippen LogP contribution is 2.29. The van der Waals surface area contributed by atoms with Crippen LogP contribution >= 0.6 is 11.8 Å². The Bertz CT molecular complexity index is 952. The van der Waals surface area contributed by atoms with E-state index in [-0.39, 0.29) is 23.1 Å². The molecule has 0 spiro atoms. The van der Waals surface area contributed by atoms with Gasteiger partial charge in [-0.15, -0.1) is 0 Å². The minimum absolute atomic E-state index is 0.126. The van der Waals surface area contributed by atoms with E-state index in [0.29, 0.717) is 35.5 Å². The molecule has 0 atom stereocenters. The van der Waals surface area contributed by atoms with Crippen LogP contribution in [-0.4, -0.2) is 49.2 Å². The molecule has 12 heteroatoms. The Hall–Kier alpha value is -3.28. The molecule has 28 heavy (non-hydrogen) atoms. The van der Waals surface area contributed by atoms with E-state index in [4.69, 9.17) is 11.5 Å². The lowest BCUT2D eigenvalue weighted by Crippen LogP contribution is -2.34. The van der Waals surface area contributed by atoms with Crippen LogP contribution in [0.1, 0.15) is 30.3 Å². The van der Waals surface area contributed by atoms with E-state index in [1.165, 1.54) is 0 Å². The third-order valence-electron chi connectivity index (χ3n) is 4.42. The number of carbonyl (C=O) groups is 2. The van der Waals surface area contributed by atoms with Crippen LogP contribution in [0.2, 0.25) is 0 Å². The molecule has 4 heterocycles.